The number of fused-ring (bicyclic) bond motifs is 3. The second kappa shape index (κ2) is 9.10. The molecule has 3 rings (SSSR count). The summed E-state index contributed by atoms with van der Waals surface area (Å²) in [6, 6.07) is 16.3. The van der Waals surface area contributed by atoms with Crippen molar-refractivity contribution in [2.75, 3.05) is 26.8 Å². The van der Waals surface area contributed by atoms with E-state index in [1.807, 2.05) is 24.3 Å². The molecule has 26 heavy (non-hydrogen) atoms. The van der Waals surface area contributed by atoms with Crippen LogP contribution in [-0.4, -0.2) is 39.0 Å². The van der Waals surface area contributed by atoms with Crippen LogP contribution in [0.2, 0.25) is 0 Å². The van der Waals surface area contributed by atoms with Gasteiger partial charge in [-0.3, -0.25) is 0 Å². The molecule has 0 fully saturated rings. The van der Waals surface area contributed by atoms with Gasteiger partial charge in [0.2, 0.25) is 0 Å². The highest BCUT2D eigenvalue weighted by Gasteiger charge is 2.28. The Morgan fingerprint density at radius 1 is 0.885 bits per heavy atom. The van der Waals surface area contributed by atoms with Crippen molar-refractivity contribution in [3.63, 3.8) is 0 Å². The maximum Gasteiger partial charge on any atom is 0.407 e. The van der Waals surface area contributed by atoms with E-state index in [4.69, 9.17) is 4.74 Å². The fraction of sp³-hybridized carbons (Fsp3) is 0.263. The quantitative estimate of drug-likeness (QED) is 0.785. The fourth-order valence-electron chi connectivity index (χ4n) is 3.05. The standard InChI is InChI=1S/C19H20N2O4.ClH/c1-24-18(22)20-10-11-21-19(23)25-12-17-15-8-4-2-6-13(15)14-7-3-5-9-16(14)17;/h2-9,17H,10-12H2,1H3,(H,20,22)(H,21,23);1H. The molecule has 0 aromatic heterocycles. The van der Waals surface area contributed by atoms with E-state index < -0.39 is 12.2 Å². The molecule has 138 valence electrons. The van der Waals surface area contributed by atoms with Gasteiger partial charge in [0.05, 0.1) is 7.11 Å². The number of carbonyl (C=O) groups is 2. The van der Waals surface area contributed by atoms with Crippen molar-refractivity contribution in [3.8, 4) is 11.1 Å². The zero-order valence-corrected chi connectivity index (χ0v) is 15.2. The van der Waals surface area contributed by atoms with Gasteiger partial charge < -0.3 is 20.1 Å². The van der Waals surface area contributed by atoms with Gasteiger partial charge in [-0.2, -0.15) is 0 Å². The third-order valence-corrected chi connectivity index (χ3v) is 4.19. The molecule has 0 spiro atoms. The lowest BCUT2D eigenvalue weighted by Gasteiger charge is -2.14. The van der Waals surface area contributed by atoms with Gasteiger partial charge in [0.25, 0.3) is 0 Å². The number of amides is 2. The molecule has 2 amide bonds. The Bertz CT molecular complexity index is 736. The third-order valence-electron chi connectivity index (χ3n) is 4.19. The average molecular weight is 377 g/mol. The smallest absolute Gasteiger partial charge is 0.407 e. The summed E-state index contributed by atoms with van der Waals surface area (Å²) in [6.45, 7) is 0.812. The first kappa shape index (κ1) is 19.6. The number of carbonyl (C=O) groups excluding carboxylic acids is 2. The summed E-state index contributed by atoms with van der Waals surface area (Å²) < 4.78 is 9.82. The Labute approximate surface area is 158 Å². The van der Waals surface area contributed by atoms with E-state index in [9.17, 15) is 9.59 Å². The molecular formula is C19H21ClN2O4. The highest BCUT2D eigenvalue weighted by atomic mass is 35.5. The SMILES string of the molecule is COC(=O)NCCNC(=O)OCC1c2ccccc2-c2ccccc21.Cl. The van der Waals surface area contributed by atoms with Crippen molar-refractivity contribution < 1.29 is 19.1 Å². The van der Waals surface area contributed by atoms with E-state index in [-0.39, 0.29) is 38.0 Å². The normalized spacial score (nSPS) is 11.6. The molecule has 0 bridgehead atoms. The molecule has 1 aliphatic carbocycles. The van der Waals surface area contributed by atoms with Crippen LogP contribution in [0.4, 0.5) is 9.59 Å². The lowest BCUT2D eigenvalue weighted by molar-refractivity contribution is 0.142. The molecule has 0 saturated heterocycles. The average Bonchev–Trinajstić information content (AvgIpc) is 2.97. The number of hydrogen-bond donors (Lipinski definition) is 2. The Kier molecular flexibility index (Phi) is 6.86. The monoisotopic (exact) mass is 376 g/mol. The Morgan fingerprint density at radius 2 is 1.38 bits per heavy atom. The number of nitrogens with one attached hydrogen (secondary N) is 2. The minimum absolute atomic E-state index is 0. The lowest BCUT2D eigenvalue weighted by Crippen LogP contribution is -2.35. The molecule has 0 atom stereocenters. The van der Waals surface area contributed by atoms with E-state index in [1.165, 1.54) is 29.4 Å². The number of alkyl carbamates (subject to hydrolysis) is 2. The minimum Gasteiger partial charge on any atom is -0.453 e. The van der Waals surface area contributed by atoms with Gasteiger partial charge in [-0.15, -0.1) is 12.4 Å². The number of methoxy groups -OCH3 is 1. The third kappa shape index (κ3) is 4.26. The lowest BCUT2D eigenvalue weighted by atomic mass is 9.98. The summed E-state index contributed by atoms with van der Waals surface area (Å²) >= 11 is 0. The summed E-state index contributed by atoms with van der Waals surface area (Å²) in [6.07, 6.45) is -1.04. The van der Waals surface area contributed by atoms with Crippen LogP contribution in [0.1, 0.15) is 17.0 Å². The topological polar surface area (TPSA) is 76.7 Å². The van der Waals surface area contributed by atoms with Crippen molar-refractivity contribution in [3.05, 3.63) is 59.7 Å². The van der Waals surface area contributed by atoms with Gasteiger partial charge in [-0.25, -0.2) is 9.59 Å². The van der Waals surface area contributed by atoms with E-state index in [2.05, 4.69) is 39.6 Å². The summed E-state index contributed by atoms with van der Waals surface area (Å²) in [5, 5.41) is 5.08. The summed E-state index contributed by atoms with van der Waals surface area (Å²) in [7, 11) is 1.29. The van der Waals surface area contributed by atoms with Crippen LogP contribution < -0.4 is 10.6 Å². The van der Waals surface area contributed by atoms with Gasteiger partial charge in [-0.05, 0) is 22.3 Å². The van der Waals surface area contributed by atoms with Gasteiger partial charge in [0.1, 0.15) is 6.61 Å². The molecule has 0 heterocycles. The second-order valence-corrected chi connectivity index (χ2v) is 5.67. The Morgan fingerprint density at radius 3 is 1.92 bits per heavy atom. The van der Waals surface area contributed by atoms with Crippen LogP contribution in [0.3, 0.4) is 0 Å². The van der Waals surface area contributed by atoms with Crippen LogP contribution >= 0.6 is 12.4 Å². The largest absolute Gasteiger partial charge is 0.453 e. The van der Waals surface area contributed by atoms with E-state index in [1.54, 1.807) is 0 Å². The Hall–Kier alpha value is -2.73. The van der Waals surface area contributed by atoms with E-state index in [0.29, 0.717) is 0 Å². The molecule has 0 radical (unpaired) electrons. The first-order valence-electron chi connectivity index (χ1n) is 8.11. The first-order valence-corrected chi connectivity index (χ1v) is 8.11. The van der Waals surface area contributed by atoms with Crippen LogP contribution in [0.25, 0.3) is 11.1 Å². The molecule has 2 aromatic rings. The van der Waals surface area contributed by atoms with Gasteiger partial charge in [-0.1, -0.05) is 48.5 Å². The highest BCUT2D eigenvalue weighted by molar-refractivity contribution is 5.85. The number of benzene rings is 2. The van der Waals surface area contributed by atoms with Crippen LogP contribution in [-0.2, 0) is 9.47 Å². The predicted molar refractivity (Wildman–Crippen MR) is 101 cm³/mol. The fourth-order valence-corrected chi connectivity index (χ4v) is 3.05. The van der Waals surface area contributed by atoms with Crippen molar-refractivity contribution in [1.82, 2.24) is 10.6 Å². The molecule has 2 N–H and O–H groups in total. The Balaban J connectivity index is 0.00000243. The van der Waals surface area contributed by atoms with Crippen LogP contribution in [0.15, 0.2) is 48.5 Å². The first-order chi connectivity index (χ1) is 12.2. The van der Waals surface area contributed by atoms with E-state index in [0.717, 1.165) is 0 Å². The molecule has 1 aliphatic rings. The predicted octanol–water partition coefficient (Wildman–Crippen LogP) is 3.30. The van der Waals surface area contributed by atoms with Crippen molar-refractivity contribution in [2.24, 2.45) is 0 Å². The molecule has 0 saturated carbocycles. The number of hydrogen-bond acceptors (Lipinski definition) is 4. The number of ether oxygens (including phenoxy) is 2. The summed E-state index contributed by atoms with van der Waals surface area (Å²) in [4.78, 5) is 22.8. The zero-order chi connectivity index (χ0) is 17.6. The van der Waals surface area contributed by atoms with Crippen molar-refractivity contribution >= 4 is 24.6 Å². The van der Waals surface area contributed by atoms with Crippen molar-refractivity contribution in [2.45, 2.75) is 5.92 Å². The van der Waals surface area contributed by atoms with Gasteiger partial charge in [0, 0.05) is 19.0 Å². The number of halogens is 1. The summed E-state index contributed by atoms with van der Waals surface area (Å²) in [5.41, 5.74) is 4.72. The number of rotatable bonds is 5. The van der Waals surface area contributed by atoms with Crippen molar-refractivity contribution in [1.29, 1.82) is 0 Å². The van der Waals surface area contributed by atoms with Crippen LogP contribution in [0, 0.1) is 0 Å². The summed E-state index contributed by atoms with van der Waals surface area (Å²) in [5.74, 6) is 0.0337. The maximum absolute atomic E-state index is 11.9. The van der Waals surface area contributed by atoms with E-state index >= 15 is 0 Å². The molecule has 6 nitrogen and oxygen atoms in total. The minimum atomic E-state index is -0.533. The van der Waals surface area contributed by atoms with Gasteiger partial charge >= 0.3 is 12.2 Å². The highest BCUT2D eigenvalue weighted by Crippen LogP contribution is 2.44. The molecule has 2 aromatic carbocycles. The van der Waals surface area contributed by atoms with Gasteiger partial charge in [0.15, 0.2) is 0 Å². The zero-order valence-electron chi connectivity index (χ0n) is 14.4. The van der Waals surface area contributed by atoms with Crippen LogP contribution in [0.5, 0.6) is 0 Å². The molecule has 7 heteroatoms. The molecular weight excluding hydrogens is 356 g/mol. The maximum atomic E-state index is 11.9. The molecule has 0 aliphatic heterocycles. The molecule has 0 unspecified atom stereocenters. The second-order valence-electron chi connectivity index (χ2n) is 5.67.